The maximum atomic E-state index is 12.6. The molecule has 3 aromatic rings. The minimum absolute atomic E-state index is 0.0683. The molecule has 1 heterocycles. The molecule has 10 nitrogen and oxygen atoms in total. The summed E-state index contributed by atoms with van der Waals surface area (Å²) in [5.74, 6) is 1.20. The van der Waals surface area contributed by atoms with Gasteiger partial charge in [0.2, 0.25) is 11.6 Å². The zero-order valence-corrected chi connectivity index (χ0v) is 21.4. The Bertz CT molecular complexity index is 1400. The molecule has 1 aliphatic heterocycles. The lowest BCUT2D eigenvalue weighted by Gasteiger charge is -2.13. The Labute approximate surface area is 219 Å². The number of ether oxygens (including phenoxy) is 7. The molecule has 0 aromatic heterocycles. The topological polar surface area (TPSA) is 111 Å². The van der Waals surface area contributed by atoms with E-state index < -0.39 is 11.9 Å². The number of carbonyl (C=O) groups excluding carboxylic acids is 2. The van der Waals surface area contributed by atoms with Gasteiger partial charge in [-0.15, -0.1) is 0 Å². The molecule has 0 fully saturated rings. The van der Waals surface area contributed by atoms with E-state index in [1.807, 2.05) is 0 Å². The minimum Gasteiger partial charge on any atom is -0.497 e. The smallest absolute Gasteiger partial charge is 0.363 e. The van der Waals surface area contributed by atoms with Gasteiger partial charge in [0.05, 0.1) is 41.1 Å². The van der Waals surface area contributed by atoms with Gasteiger partial charge in [-0.1, -0.05) is 6.07 Å². The highest BCUT2D eigenvalue weighted by Crippen LogP contribution is 2.39. The van der Waals surface area contributed by atoms with E-state index in [1.165, 1.54) is 34.5 Å². The monoisotopic (exact) mass is 519 g/mol. The van der Waals surface area contributed by atoms with Crippen molar-refractivity contribution in [3.63, 3.8) is 0 Å². The summed E-state index contributed by atoms with van der Waals surface area (Å²) in [5.41, 5.74) is 1.46. The predicted octanol–water partition coefficient (Wildman–Crippen LogP) is 4.29. The maximum Gasteiger partial charge on any atom is 0.363 e. The van der Waals surface area contributed by atoms with E-state index in [-0.39, 0.29) is 17.3 Å². The molecule has 0 saturated carbocycles. The van der Waals surface area contributed by atoms with Gasteiger partial charge >= 0.3 is 11.9 Å². The Morgan fingerprint density at radius 3 is 2.00 bits per heavy atom. The fraction of sp³-hybridized carbons (Fsp3) is 0.179. The molecule has 0 N–H and O–H groups in total. The van der Waals surface area contributed by atoms with Crippen LogP contribution in [0.5, 0.6) is 34.5 Å². The van der Waals surface area contributed by atoms with Gasteiger partial charge in [0.15, 0.2) is 28.7 Å². The van der Waals surface area contributed by atoms with E-state index in [0.29, 0.717) is 45.4 Å². The lowest BCUT2D eigenvalue weighted by Crippen LogP contribution is -2.09. The van der Waals surface area contributed by atoms with Crippen LogP contribution in [0.25, 0.3) is 6.08 Å². The number of esters is 2. The second-order valence-corrected chi connectivity index (χ2v) is 7.78. The Morgan fingerprint density at radius 2 is 1.42 bits per heavy atom. The van der Waals surface area contributed by atoms with Crippen molar-refractivity contribution < 1.29 is 42.7 Å². The molecule has 10 heteroatoms. The van der Waals surface area contributed by atoms with Crippen LogP contribution in [0.4, 0.5) is 0 Å². The SMILES string of the molecule is COc1ccc(C(=O)Oc2ccc(/C=C3\N=C(c4cc(OC)c(OC)c(OC)c4)OC3=O)cc2OC)cc1. The predicted molar refractivity (Wildman–Crippen MR) is 138 cm³/mol. The van der Waals surface area contributed by atoms with Crippen molar-refractivity contribution in [1.82, 2.24) is 0 Å². The summed E-state index contributed by atoms with van der Waals surface area (Å²) in [6.45, 7) is 0. The fourth-order valence-electron chi connectivity index (χ4n) is 3.64. The molecule has 38 heavy (non-hydrogen) atoms. The van der Waals surface area contributed by atoms with E-state index >= 15 is 0 Å². The summed E-state index contributed by atoms with van der Waals surface area (Å²) in [6.07, 6.45) is 1.53. The first-order chi connectivity index (χ1) is 18.4. The number of carbonyl (C=O) groups is 2. The van der Waals surface area contributed by atoms with Gasteiger partial charge in [0.1, 0.15) is 5.75 Å². The molecule has 196 valence electrons. The largest absolute Gasteiger partial charge is 0.497 e. The molecule has 0 radical (unpaired) electrons. The van der Waals surface area contributed by atoms with E-state index in [9.17, 15) is 9.59 Å². The highest BCUT2D eigenvalue weighted by molar-refractivity contribution is 6.13. The van der Waals surface area contributed by atoms with Crippen LogP contribution in [0.1, 0.15) is 21.5 Å². The molecular formula is C28H25NO9. The fourth-order valence-corrected chi connectivity index (χ4v) is 3.64. The van der Waals surface area contributed by atoms with Crippen LogP contribution in [0, 0.1) is 0 Å². The lowest BCUT2D eigenvalue weighted by molar-refractivity contribution is -0.129. The van der Waals surface area contributed by atoms with Crippen LogP contribution in [-0.2, 0) is 9.53 Å². The van der Waals surface area contributed by atoms with Crippen LogP contribution >= 0.6 is 0 Å². The van der Waals surface area contributed by atoms with Gasteiger partial charge in [-0.3, -0.25) is 0 Å². The summed E-state index contributed by atoms with van der Waals surface area (Å²) in [7, 11) is 7.45. The average molecular weight is 520 g/mol. The average Bonchev–Trinajstić information content (AvgIpc) is 3.32. The van der Waals surface area contributed by atoms with Crippen LogP contribution in [-0.4, -0.2) is 53.4 Å². The first-order valence-electron chi connectivity index (χ1n) is 11.3. The van der Waals surface area contributed by atoms with E-state index in [2.05, 4.69) is 4.99 Å². The number of cyclic esters (lactones) is 1. The highest BCUT2D eigenvalue weighted by atomic mass is 16.6. The third-order valence-corrected chi connectivity index (χ3v) is 5.55. The number of hydrogen-bond acceptors (Lipinski definition) is 10. The molecule has 0 bridgehead atoms. The van der Waals surface area contributed by atoms with E-state index in [4.69, 9.17) is 33.2 Å². The quantitative estimate of drug-likeness (QED) is 0.232. The van der Waals surface area contributed by atoms with Crippen molar-refractivity contribution >= 4 is 23.9 Å². The molecule has 0 amide bonds. The maximum absolute atomic E-state index is 12.6. The summed E-state index contributed by atoms with van der Waals surface area (Å²) in [6, 6.07) is 14.6. The third-order valence-electron chi connectivity index (χ3n) is 5.55. The normalized spacial score (nSPS) is 13.4. The Kier molecular flexibility index (Phi) is 7.81. The second kappa shape index (κ2) is 11.4. The summed E-state index contributed by atoms with van der Waals surface area (Å²) in [4.78, 5) is 29.5. The van der Waals surface area contributed by atoms with Gasteiger partial charge < -0.3 is 33.2 Å². The zero-order chi connectivity index (χ0) is 27.2. The van der Waals surface area contributed by atoms with Crippen molar-refractivity contribution in [1.29, 1.82) is 0 Å². The van der Waals surface area contributed by atoms with E-state index in [1.54, 1.807) is 61.7 Å². The Hall–Kier alpha value is -4.99. The molecule has 3 aromatic carbocycles. The van der Waals surface area contributed by atoms with Gasteiger partial charge in [-0.05, 0) is 60.2 Å². The number of rotatable bonds is 9. The second-order valence-electron chi connectivity index (χ2n) is 7.78. The van der Waals surface area contributed by atoms with Gasteiger partial charge in [-0.2, -0.15) is 0 Å². The van der Waals surface area contributed by atoms with Crippen LogP contribution < -0.4 is 28.4 Å². The Morgan fingerprint density at radius 1 is 0.763 bits per heavy atom. The van der Waals surface area contributed by atoms with Crippen molar-refractivity contribution in [3.05, 3.63) is 77.0 Å². The highest BCUT2D eigenvalue weighted by Gasteiger charge is 2.27. The summed E-state index contributed by atoms with van der Waals surface area (Å²) >= 11 is 0. The molecule has 4 rings (SSSR count). The first kappa shape index (κ1) is 26.1. The molecule has 0 spiro atoms. The van der Waals surface area contributed by atoms with Crippen LogP contribution in [0.3, 0.4) is 0 Å². The van der Waals surface area contributed by atoms with Crippen molar-refractivity contribution in [3.8, 4) is 34.5 Å². The number of nitrogens with zero attached hydrogens (tertiary/aromatic N) is 1. The number of benzene rings is 3. The van der Waals surface area contributed by atoms with Crippen molar-refractivity contribution in [2.45, 2.75) is 0 Å². The molecular weight excluding hydrogens is 494 g/mol. The molecule has 1 aliphatic rings. The lowest BCUT2D eigenvalue weighted by atomic mass is 10.1. The molecule has 0 unspecified atom stereocenters. The summed E-state index contributed by atoms with van der Waals surface area (Å²) < 4.78 is 37.4. The van der Waals surface area contributed by atoms with Crippen molar-refractivity contribution in [2.75, 3.05) is 35.5 Å². The van der Waals surface area contributed by atoms with Gasteiger partial charge in [0.25, 0.3) is 0 Å². The van der Waals surface area contributed by atoms with Gasteiger partial charge in [-0.25, -0.2) is 14.6 Å². The number of methoxy groups -OCH3 is 5. The van der Waals surface area contributed by atoms with Gasteiger partial charge in [0, 0.05) is 5.56 Å². The summed E-state index contributed by atoms with van der Waals surface area (Å²) in [5, 5.41) is 0. The molecule has 0 atom stereocenters. The minimum atomic E-state index is -0.636. The van der Waals surface area contributed by atoms with Crippen molar-refractivity contribution in [2.24, 2.45) is 4.99 Å². The number of hydrogen-bond donors (Lipinski definition) is 0. The van der Waals surface area contributed by atoms with Crippen LogP contribution in [0.2, 0.25) is 0 Å². The van der Waals surface area contributed by atoms with E-state index in [0.717, 1.165) is 0 Å². The third kappa shape index (κ3) is 5.39. The number of aliphatic imine (C=N–C) groups is 1. The standard InChI is InChI=1S/C28H25NO9/c1-32-19-9-7-17(8-10-19)27(30)37-21-11-6-16(13-22(21)33-2)12-20-28(31)38-26(29-20)18-14-23(34-3)25(36-5)24(15-18)35-4/h6-15H,1-5H3/b20-12-. The zero-order valence-electron chi connectivity index (χ0n) is 21.4. The first-order valence-corrected chi connectivity index (χ1v) is 11.3. The molecule has 0 saturated heterocycles. The molecule has 0 aliphatic carbocycles. The Balaban J connectivity index is 1.59. The van der Waals surface area contributed by atoms with Crippen LogP contribution in [0.15, 0.2) is 65.3 Å².